The molecule has 1 heterocycles. The molecular weight excluding hydrogens is 416 g/mol. The SMILES string of the molecule is COc1ccc(OC)c(NC(=O)c2nc(-c3ccc(Cl)cc3)n(-c3ccccc3)n2)c1. The first-order chi connectivity index (χ1) is 15.1. The highest BCUT2D eigenvalue weighted by molar-refractivity contribution is 6.30. The Hall–Kier alpha value is -3.84. The zero-order valence-corrected chi connectivity index (χ0v) is 17.6. The summed E-state index contributed by atoms with van der Waals surface area (Å²) in [5.74, 6) is 1.14. The van der Waals surface area contributed by atoms with Gasteiger partial charge in [-0.15, -0.1) is 5.10 Å². The number of nitrogens with zero attached hydrogens (tertiary/aromatic N) is 3. The highest BCUT2D eigenvalue weighted by Crippen LogP contribution is 2.29. The van der Waals surface area contributed by atoms with E-state index in [0.29, 0.717) is 28.0 Å². The summed E-state index contributed by atoms with van der Waals surface area (Å²) in [6.45, 7) is 0. The van der Waals surface area contributed by atoms with Crippen LogP contribution in [0.2, 0.25) is 5.02 Å². The van der Waals surface area contributed by atoms with Gasteiger partial charge in [0.25, 0.3) is 5.91 Å². The Morgan fingerprint density at radius 1 is 0.968 bits per heavy atom. The highest BCUT2D eigenvalue weighted by atomic mass is 35.5. The number of benzene rings is 3. The van der Waals surface area contributed by atoms with Crippen molar-refractivity contribution < 1.29 is 14.3 Å². The fraction of sp³-hybridized carbons (Fsp3) is 0.0870. The van der Waals surface area contributed by atoms with Crippen LogP contribution < -0.4 is 14.8 Å². The van der Waals surface area contributed by atoms with Gasteiger partial charge in [0.1, 0.15) is 11.5 Å². The zero-order valence-electron chi connectivity index (χ0n) is 16.9. The van der Waals surface area contributed by atoms with Crippen LogP contribution in [0.1, 0.15) is 10.6 Å². The number of ether oxygens (including phenoxy) is 2. The second kappa shape index (κ2) is 8.89. The predicted octanol–water partition coefficient (Wildman–Crippen LogP) is 4.86. The Kier molecular flexibility index (Phi) is 5.86. The van der Waals surface area contributed by atoms with Crippen molar-refractivity contribution in [1.82, 2.24) is 14.8 Å². The topological polar surface area (TPSA) is 78.3 Å². The van der Waals surface area contributed by atoms with Crippen molar-refractivity contribution >= 4 is 23.2 Å². The zero-order chi connectivity index (χ0) is 21.8. The molecule has 0 aliphatic rings. The third kappa shape index (κ3) is 4.36. The monoisotopic (exact) mass is 434 g/mol. The van der Waals surface area contributed by atoms with Gasteiger partial charge in [-0.3, -0.25) is 4.79 Å². The summed E-state index contributed by atoms with van der Waals surface area (Å²) in [5, 5.41) is 7.87. The van der Waals surface area contributed by atoms with Crippen molar-refractivity contribution in [3.8, 4) is 28.6 Å². The minimum Gasteiger partial charge on any atom is -0.497 e. The standard InChI is InChI=1S/C23H19ClN4O3/c1-30-18-12-13-20(31-2)19(14-18)25-23(29)21-26-22(15-8-10-16(24)11-9-15)28(27-21)17-6-4-3-5-7-17/h3-14H,1-2H3,(H,25,29). The van der Waals surface area contributed by atoms with Crippen LogP contribution in [0.4, 0.5) is 5.69 Å². The lowest BCUT2D eigenvalue weighted by Gasteiger charge is -2.10. The Labute approximate surface area is 184 Å². The molecule has 8 heteroatoms. The van der Waals surface area contributed by atoms with E-state index in [1.165, 1.54) is 7.11 Å². The molecule has 0 aliphatic carbocycles. The quantitative estimate of drug-likeness (QED) is 0.469. The molecule has 0 aliphatic heterocycles. The summed E-state index contributed by atoms with van der Waals surface area (Å²) in [6.07, 6.45) is 0. The predicted molar refractivity (Wildman–Crippen MR) is 119 cm³/mol. The van der Waals surface area contributed by atoms with Gasteiger partial charge in [-0.05, 0) is 48.5 Å². The van der Waals surface area contributed by atoms with Crippen LogP contribution in [-0.4, -0.2) is 34.9 Å². The van der Waals surface area contributed by atoms with Crippen molar-refractivity contribution in [2.24, 2.45) is 0 Å². The number of anilines is 1. The van der Waals surface area contributed by atoms with E-state index >= 15 is 0 Å². The molecule has 0 radical (unpaired) electrons. The summed E-state index contributed by atoms with van der Waals surface area (Å²) in [4.78, 5) is 17.5. The number of carbonyl (C=O) groups excluding carboxylic acids is 1. The van der Waals surface area contributed by atoms with E-state index in [2.05, 4.69) is 15.4 Å². The maximum atomic E-state index is 13.0. The summed E-state index contributed by atoms with van der Waals surface area (Å²) < 4.78 is 12.2. The molecule has 3 aromatic carbocycles. The maximum absolute atomic E-state index is 13.0. The van der Waals surface area contributed by atoms with Crippen molar-refractivity contribution in [1.29, 1.82) is 0 Å². The number of para-hydroxylation sites is 1. The van der Waals surface area contributed by atoms with E-state index in [0.717, 1.165) is 11.3 Å². The van der Waals surface area contributed by atoms with Gasteiger partial charge < -0.3 is 14.8 Å². The van der Waals surface area contributed by atoms with Crippen molar-refractivity contribution in [3.63, 3.8) is 0 Å². The molecule has 156 valence electrons. The first-order valence-electron chi connectivity index (χ1n) is 9.41. The molecule has 0 spiro atoms. The van der Waals surface area contributed by atoms with Gasteiger partial charge in [0.2, 0.25) is 5.82 Å². The van der Waals surface area contributed by atoms with Crippen LogP contribution in [0.15, 0.2) is 72.8 Å². The van der Waals surface area contributed by atoms with Gasteiger partial charge in [-0.1, -0.05) is 29.8 Å². The first-order valence-corrected chi connectivity index (χ1v) is 9.78. The van der Waals surface area contributed by atoms with Gasteiger partial charge in [-0.25, -0.2) is 9.67 Å². The average Bonchev–Trinajstić information content (AvgIpc) is 3.26. The van der Waals surface area contributed by atoms with Crippen LogP contribution in [0, 0.1) is 0 Å². The largest absolute Gasteiger partial charge is 0.497 e. The molecular formula is C23H19ClN4O3. The number of rotatable bonds is 6. The molecule has 1 aromatic heterocycles. The second-order valence-corrected chi connectivity index (χ2v) is 6.97. The third-order valence-electron chi connectivity index (χ3n) is 4.57. The van der Waals surface area contributed by atoms with Crippen LogP contribution in [-0.2, 0) is 0 Å². The minimum atomic E-state index is -0.476. The molecule has 31 heavy (non-hydrogen) atoms. The molecule has 1 N–H and O–H groups in total. The Balaban J connectivity index is 1.74. The first kappa shape index (κ1) is 20.4. The Morgan fingerprint density at radius 3 is 2.39 bits per heavy atom. The van der Waals surface area contributed by atoms with Gasteiger partial charge in [0, 0.05) is 16.7 Å². The van der Waals surface area contributed by atoms with E-state index in [1.807, 2.05) is 42.5 Å². The molecule has 0 atom stereocenters. The number of carbonyl (C=O) groups is 1. The Morgan fingerprint density at radius 2 is 1.71 bits per heavy atom. The normalized spacial score (nSPS) is 10.5. The molecule has 0 fully saturated rings. The molecule has 4 rings (SSSR count). The number of hydrogen-bond acceptors (Lipinski definition) is 5. The van der Waals surface area contributed by atoms with E-state index in [4.69, 9.17) is 21.1 Å². The van der Waals surface area contributed by atoms with Crippen molar-refractivity contribution in [2.75, 3.05) is 19.5 Å². The molecule has 1 amide bonds. The van der Waals surface area contributed by atoms with Crippen molar-refractivity contribution in [2.45, 2.75) is 0 Å². The maximum Gasteiger partial charge on any atom is 0.295 e. The van der Waals surface area contributed by atoms with Crippen molar-refractivity contribution in [3.05, 3.63) is 83.6 Å². The molecule has 0 unspecified atom stereocenters. The number of amides is 1. The fourth-order valence-electron chi connectivity index (χ4n) is 3.03. The number of halogens is 1. The Bertz CT molecular complexity index is 1210. The lowest BCUT2D eigenvalue weighted by molar-refractivity contribution is 0.101. The van der Waals surface area contributed by atoms with Gasteiger partial charge >= 0.3 is 0 Å². The number of aromatic nitrogens is 3. The summed E-state index contributed by atoms with van der Waals surface area (Å²) in [5.41, 5.74) is 2.01. The molecule has 0 saturated carbocycles. The van der Waals surface area contributed by atoms with Crippen LogP contribution in [0.3, 0.4) is 0 Å². The summed E-state index contributed by atoms with van der Waals surface area (Å²) >= 11 is 6.03. The van der Waals surface area contributed by atoms with Crippen LogP contribution >= 0.6 is 11.6 Å². The van der Waals surface area contributed by atoms with Gasteiger partial charge in [0.15, 0.2) is 5.82 Å². The van der Waals surface area contributed by atoms with E-state index in [-0.39, 0.29) is 5.82 Å². The molecule has 7 nitrogen and oxygen atoms in total. The van der Waals surface area contributed by atoms with Crippen LogP contribution in [0.5, 0.6) is 11.5 Å². The lowest BCUT2D eigenvalue weighted by Crippen LogP contribution is -2.15. The number of methoxy groups -OCH3 is 2. The molecule has 0 bridgehead atoms. The fourth-order valence-corrected chi connectivity index (χ4v) is 3.16. The molecule has 0 saturated heterocycles. The van der Waals surface area contributed by atoms with E-state index in [1.54, 1.807) is 42.1 Å². The van der Waals surface area contributed by atoms with Crippen LogP contribution in [0.25, 0.3) is 17.1 Å². The minimum absolute atomic E-state index is 0.0127. The lowest BCUT2D eigenvalue weighted by atomic mass is 10.2. The smallest absolute Gasteiger partial charge is 0.295 e. The third-order valence-corrected chi connectivity index (χ3v) is 4.82. The number of nitrogens with one attached hydrogen (secondary N) is 1. The second-order valence-electron chi connectivity index (χ2n) is 6.53. The van der Waals surface area contributed by atoms with E-state index < -0.39 is 5.91 Å². The molecule has 4 aromatic rings. The highest BCUT2D eigenvalue weighted by Gasteiger charge is 2.20. The summed E-state index contributed by atoms with van der Waals surface area (Å²) in [7, 11) is 3.08. The number of hydrogen-bond donors (Lipinski definition) is 1. The van der Waals surface area contributed by atoms with Gasteiger partial charge in [-0.2, -0.15) is 0 Å². The summed E-state index contributed by atoms with van der Waals surface area (Å²) in [6, 6.07) is 21.8. The van der Waals surface area contributed by atoms with E-state index in [9.17, 15) is 4.79 Å². The van der Waals surface area contributed by atoms with Gasteiger partial charge in [0.05, 0.1) is 25.6 Å². The average molecular weight is 435 g/mol.